The molecule has 2 aromatic rings. The molecule has 2 amide bonds. The van der Waals surface area contributed by atoms with Crippen molar-refractivity contribution in [3.8, 4) is 5.75 Å². The quantitative estimate of drug-likeness (QED) is 0.504. The van der Waals surface area contributed by atoms with Crippen LogP contribution in [0.25, 0.3) is 0 Å². The Morgan fingerprint density at radius 3 is 2.32 bits per heavy atom. The first kappa shape index (κ1) is 26.1. The number of benzene rings is 2. The number of ether oxygens (including phenoxy) is 1. The second-order valence-electron chi connectivity index (χ2n) is 10.7. The molecule has 6 heteroatoms. The summed E-state index contributed by atoms with van der Waals surface area (Å²) in [5.41, 5.74) is 1.32. The van der Waals surface area contributed by atoms with Gasteiger partial charge in [0.1, 0.15) is 5.75 Å². The van der Waals surface area contributed by atoms with Crippen molar-refractivity contribution in [3.63, 3.8) is 0 Å². The van der Waals surface area contributed by atoms with Crippen LogP contribution in [-0.2, 0) is 16.1 Å². The van der Waals surface area contributed by atoms with Gasteiger partial charge in [-0.3, -0.25) is 9.59 Å². The molecule has 184 valence electrons. The van der Waals surface area contributed by atoms with Crippen LogP contribution in [0, 0.1) is 17.8 Å². The highest BCUT2D eigenvalue weighted by Gasteiger charge is 2.41. The molecule has 34 heavy (non-hydrogen) atoms. The van der Waals surface area contributed by atoms with Gasteiger partial charge in [-0.05, 0) is 49.1 Å². The highest BCUT2D eigenvalue weighted by atomic mass is 35.5. The summed E-state index contributed by atoms with van der Waals surface area (Å²) in [6.07, 6.45) is 1.85. The number of nitrogens with zero attached hydrogens (tertiary/aromatic N) is 2. The van der Waals surface area contributed by atoms with Crippen LogP contribution in [0.5, 0.6) is 5.75 Å². The molecule has 1 fully saturated rings. The maximum Gasteiger partial charge on any atom is 0.227 e. The van der Waals surface area contributed by atoms with Crippen molar-refractivity contribution in [2.45, 2.75) is 53.5 Å². The molecule has 1 heterocycles. The predicted molar refractivity (Wildman–Crippen MR) is 137 cm³/mol. The van der Waals surface area contributed by atoms with Gasteiger partial charge in [0.25, 0.3) is 0 Å². The van der Waals surface area contributed by atoms with Gasteiger partial charge in [-0.15, -0.1) is 0 Å². The third-order valence-electron chi connectivity index (χ3n) is 6.64. The average Bonchev–Trinajstić information content (AvgIpc) is 2.80. The van der Waals surface area contributed by atoms with Crippen molar-refractivity contribution in [1.82, 2.24) is 9.80 Å². The maximum absolute atomic E-state index is 13.3. The number of aryl methyl sites for hydroxylation is 1. The number of halogens is 1. The standard InChI is InChI=1S/C28H37ClN2O3/c1-21-17-23(11-12-24(21)29)34-20-28(13-15-31(16-14-28)26(33)27(2,3)4)18-25(32)30(5)19-22-9-7-6-8-10-22/h6-12,17H,13-16,18-20H2,1-5H3. The lowest BCUT2D eigenvalue weighted by atomic mass is 9.75. The lowest BCUT2D eigenvalue weighted by molar-refractivity contribution is -0.143. The van der Waals surface area contributed by atoms with Crippen LogP contribution in [0.3, 0.4) is 0 Å². The molecular weight excluding hydrogens is 448 g/mol. The summed E-state index contributed by atoms with van der Waals surface area (Å²) in [6.45, 7) is 10.1. The Labute approximate surface area is 209 Å². The van der Waals surface area contributed by atoms with Crippen molar-refractivity contribution in [3.05, 3.63) is 64.7 Å². The highest BCUT2D eigenvalue weighted by molar-refractivity contribution is 6.31. The first-order valence-corrected chi connectivity index (χ1v) is 12.3. The molecule has 0 N–H and O–H groups in total. The molecular formula is C28H37ClN2O3. The average molecular weight is 485 g/mol. The van der Waals surface area contributed by atoms with Crippen molar-refractivity contribution in [2.75, 3.05) is 26.7 Å². The van der Waals surface area contributed by atoms with Crippen LogP contribution < -0.4 is 4.74 Å². The van der Waals surface area contributed by atoms with Gasteiger partial charge in [0.05, 0.1) is 6.61 Å². The van der Waals surface area contributed by atoms with Gasteiger partial charge in [0, 0.05) is 49.0 Å². The predicted octanol–water partition coefficient (Wildman–Crippen LogP) is 5.73. The van der Waals surface area contributed by atoms with E-state index in [1.54, 1.807) is 4.90 Å². The smallest absolute Gasteiger partial charge is 0.227 e. The monoisotopic (exact) mass is 484 g/mol. The second kappa shape index (κ2) is 10.8. The summed E-state index contributed by atoms with van der Waals surface area (Å²) in [4.78, 5) is 29.8. The van der Waals surface area contributed by atoms with Crippen molar-refractivity contribution >= 4 is 23.4 Å². The molecule has 0 bridgehead atoms. The first-order valence-electron chi connectivity index (χ1n) is 12.0. The van der Waals surface area contributed by atoms with Gasteiger partial charge in [-0.1, -0.05) is 62.7 Å². The van der Waals surface area contributed by atoms with Crippen molar-refractivity contribution in [1.29, 1.82) is 0 Å². The van der Waals surface area contributed by atoms with E-state index in [1.165, 1.54) is 0 Å². The number of amides is 2. The molecule has 1 aliphatic heterocycles. The summed E-state index contributed by atoms with van der Waals surface area (Å²) >= 11 is 6.17. The Morgan fingerprint density at radius 2 is 1.74 bits per heavy atom. The molecule has 0 saturated carbocycles. The Bertz CT molecular complexity index is 992. The third kappa shape index (κ3) is 6.75. The summed E-state index contributed by atoms with van der Waals surface area (Å²) in [5, 5.41) is 0.703. The molecule has 0 radical (unpaired) electrons. The summed E-state index contributed by atoms with van der Waals surface area (Å²) < 4.78 is 6.21. The normalized spacial score (nSPS) is 15.6. The zero-order chi connectivity index (χ0) is 24.9. The lowest BCUT2D eigenvalue weighted by Gasteiger charge is -2.43. The van der Waals surface area contributed by atoms with Gasteiger partial charge >= 0.3 is 0 Å². The molecule has 0 unspecified atom stereocenters. The van der Waals surface area contributed by atoms with E-state index in [2.05, 4.69) is 0 Å². The van der Waals surface area contributed by atoms with Crippen LogP contribution in [0.2, 0.25) is 5.02 Å². The van der Waals surface area contributed by atoms with E-state index >= 15 is 0 Å². The van der Waals surface area contributed by atoms with Gasteiger partial charge in [-0.25, -0.2) is 0 Å². The molecule has 0 atom stereocenters. The van der Waals surface area contributed by atoms with E-state index < -0.39 is 5.41 Å². The summed E-state index contributed by atoms with van der Waals surface area (Å²) in [5.74, 6) is 0.998. The van der Waals surface area contributed by atoms with E-state index in [0.29, 0.717) is 37.7 Å². The molecule has 1 aliphatic rings. The molecule has 2 aromatic carbocycles. The summed E-state index contributed by atoms with van der Waals surface area (Å²) in [6, 6.07) is 15.6. The number of carbonyl (C=O) groups excluding carboxylic acids is 2. The topological polar surface area (TPSA) is 49.9 Å². The SMILES string of the molecule is Cc1cc(OCC2(CC(=O)N(C)Cc3ccccc3)CCN(C(=O)C(C)(C)C)CC2)ccc1Cl. The van der Waals surface area contributed by atoms with Crippen LogP contribution >= 0.6 is 11.6 Å². The van der Waals surface area contributed by atoms with Crippen LogP contribution in [0.1, 0.15) is 51.2 Å². The number of rotatable bonds is 7. The van der Waals surface area contributed by atoms with Gasteiger partial charge in [-0.2, -0.15) is 0 Å². The highest BCUT2D eigenvalue weighted by Crippen LogP contribution is 2.38. The lowest BCUT2D eigenvalue weighted by Crippen LogP contribution is -2.50. The summed E-state index contributed by atoms with van der Waals surface area (Å²) in [7, 11) is 1.85. The van der Waals surface area contributed by atoms with E-state index in [0.717, 1.165) is 29.7 Å². The minimum atomic E-state index is -0.414. The van der Waals surface area contributed by atoms with E-state index in [-0.39, 0.29) is 17.2 Å². The Hall–Kier alpha value is -2.53. The van der Waals surface area contributed by atoms with Gasteiger partial charge in [0.2, 0.25) is 11.8 Å². The molecule has 5 nitrogen and oxygen atoms in total. The van der Waals surface area contributed by atoms with E-state index in [1.807, 2.05) is 88.2 Å². The fraction of sp³-hybridized carbons (Fsp3) is 0.500. The zero-order valence-corrected chi connectivity index (χ0v) is 21.8. The van der Waals surface area contributed by atoms with Gasteiger partial charge < -0.3 is 14.5 Å². The Morgan fingerprint density at radius 1 is 1.09 bits per heavy atom. The maximum atomic E-state index is 13.3. The number of piperidine rings is 1. The van der Waals surface area contributed by atoms with Crippen LogP contribution in [0.15, 0.2) is 48.5 Å². The molecule has 0 aromatic heterocycles. The number of hydrogen-bond acceptors (Lipinski definition) is 3. The molecule has 3 rings (SSSR count). The molecule has 0 aliphatic carbocycles. The fourth-order valence-electron chi connectivity index (χ4n) is 4.38. The van der Waals surface area contributed by atoms with Crippen LogP contribution in [-0.4, -0.2) is 48.4 Å². The fourth-order valence-corrected chi connectivity index (χ4v) is 4.49. The van der Waals surface area contributed by atoms with E-state index in [9.17, 15) is 9.59 Å². The van der Waals surface area contributed by atoms with E-state index in [4.69, 9.17) is 16.3 Å². The Kier molecular flexibility index (Phi) is 8.29. The third-order valence-corrected chi connectivity index (χ3v) is 7.07. The molecule has 0 spiro atoms. The minimum Gasteiger partial charge on any atom is -0.493 e. The number of likely N-dealkylation sites (tertiary alicyclic amines) is 1. The minimum absolute atomic E-state index is 0.0929. The zero-order valence-electron chi connectivity index (χ0n) is 21.1. The first-order chi connectivity index (χ1) is 16.0. The number of hydrogen-bond donors (Lipinski definition) is 0. The molecule has 1 saturated heterocycles. The van der Waals surface area contributed by atoms with Crippen molar-refractivity contribution < 1.29 is 14.3 Å². The van der Waals surface area contributed by atoms with Gasteiger partial charge in [0.15, 0.2) is 0 Å². The van der Waals surface area contributed by atoms with Crippen LogP contribution in [0.4, 0.5) is 0 Å². The number of carbonyl (C=O) groups is 2. The Balaban J connectivity index is 1.72. The largest absolute Gasteiger partial charge is 0.493 e. The van der Waals surface area contributed by atoms with Crippen molar-refractivity contribution in [2.24, 2.45) is 10.8 Å². The second-order valence-corrected chi connectivity index (χ2v) is 11.1.